The van der Waals surface area contributed by atoms with E-state index in [1.54, 1.807) is 0 Å². The van der Waals surface area contributed by atoms with Crippen molar-refractivity contribution < 1.29 is 18.9 Å². The van der Waals surface area contributed by atoms with Gasteiger partial charge >= 0.3 is 10.9 Å². The van der Waals surface area contributed by atoms with E-state index in [9.17, 15) is 19.7 Å². The third-order valence-electron chi connectivity index (χ3n) is 2.03. The van der Waals surface area contributed by atoms with Crippen molar-refractivity contribution in [2.24, 2.45) is 0 Å². The topological polar surface area (TPSA) is 114 Å². The van der Waals surface area contributed by atoms with Gasteiger partial charge in [0, 0.05) is 6.07 Å². The summed E-state index contributed by atoms with van der Waals surface area (Å²) in [5, 5.41) is 10.3. The third-order valence-corrected chi connectivity index (χ3v) is 3.07. The zero-order valence-corrected chi connectivity index (χ0v) is 10.1. The summed E-state index contributed by atoms with van der Waals surface area (Å²) < 4.78 is 4.82. The molecule has 8 nitrogen and oxygen atoms in total. The van der Waals surface area contributed by atoms with E-state index in [-0.39, 0.29) is 15.6 Å². The summed E-state index contributed by atoms with van der Waals surface area (Å²) in [4.78, 5) is 33.0. The van der Waals surface area contributed by atoms with Crippen molar-refractivity contribution in [2.45, 2.75) is 0 Å². The average molecular weight is 281 g/mol. The van der Waals surface area contributed by atoms with Gasteiger partial charge in [-0.25, -0.2) is 0 Å². The number of furan rings is 1. The predicted molar refractivity (Wildman–Crippen MR) is 64.6 cm³/mol. The molecule has 2 aromatic rings. The van der Waals surface area contributed by atoms with Gasteiger partial charge in [-0.15, -0.1) is 0 Å². The Balaban J connectivity index is 1.94. The number of hydrogen-bond donors (Lipinski definition) is 2. The summed E-state index contributed by atoms with van der Waals surface area (Å²) in [6, 6.07) is 5.47. The molecule has 0 aliphatic carbocycles. The molecule has 0 fully saturated rings. The molecule has 98 valence electrons. The summed E-state index contributed by atoms with van der Waals surface area (Å²) in [6.45, 7) is 0. The van der Waals surface area contributed by atoms with Crippen LogP contribution in [0, 0.1) is 10.1 Å². The molecule has 2 N–H and O–H groups in total. The quantitative estimate of drug-likeness (QED) is 0.650. The Bertz CT molecular complexity index is 619. The number of amides is 2. The predicted octanol–water partition coefficient (Wildman–Crippen LogP) is 1.32. The van der Waals surface area contributed by atoms with Crippen LogP contribution >= 0.6 is 11.3 Å². The largest absolute Gasteiger partial charge is 0.459 e. The van der Waals surface area contributed by atoms with Gasteiger partial charge in [0.15, 0.2) is 5.76 Å². The van der Waals surface area contributed by atoms with E-state index in [0.29, 0.717) is 11.3 Å². The van der Waals surface area contributed by atoms with E-state index >= 15 is 0 Å². The molecule has 19 heavy (non-hydrogen) atoms. The molecule has 0 saturated carbocycles. The van der Waals surface area contributed by atoms with Crippen LogP contribution in [0.15, 0.2) is 34.9 Å². The van der Waals surface area contributed by atoms with Gasteiger partial charge in [0.25, 0.3) is 5.91 Å². The number of nitro groups is 1. The highest BCUT2D eigenvalue weighted by atomic mass is 32.1. The number of carbonyl (C=O) groups excluding carboxylic acids is 2. The second-order valence-corrected chi connectivity index (χ2v) is 4.34. The van der Waals surface area contributed by atoms with E-state index in [2.05, 4.69) is 10.9 Å². The maximum atomic E-state index is 11.6. The number of thiophene rings is 1. The Morgan fingerprint density at radius 2 is 1.95 bits per heavy atom. The number of rotatable bonds is 3. The zero-order valence-electron chi connectivity index (χ0n) is 9.28. The van der Waals surface area contributed by atoms with Crippen molar-refractivity contribution in [3.63, 3.8) is 0 Å². The minimum atomic E-state index is -0.641. The molecule has 0 radical (unpaired) electrons. The monoisotopic (exact) mass is 281 g/mol. The van der Waals surface area contributed by atoms with Gasteiger partial charge in [-0.1, -0.05) is 11.3 Å². The van der Waals surface area contributed by atoms with Crippen LogP contribution in [0.2, 0.25) is 0 Å². The van der Waals surface area contributed by atoms with Crippen LogP contribution in [0.4, 0.5) is 5.00 Å². The van der Waals surface area contributed by atoms with Gasteiger partial charge in [-0.05, 0) is 18.2 Å². The molecule has 0 aliphatic heterocycles. The van der Waals surface area contributed by atoms with Crippen molar-refractivity contribution in [3.05, 3.63) is 51.3 Å². The fraction of sp³-hybridized carbons (Fsp3) is 0. The Morgan fingerprint density at radius 3 is 2.53 bits per heavy atom. The van der Waals surface area contributed by atoms with Crippen molar-refractivity contribution in [1.82, 2.24) is 10.9 Å². The first-order valence-electron chi connectivity index (χ1n) is 4.96. The lowest BCUT2D eigenvalue weighted by molar-refractivity contribution is -0.380. The van der Waals surface area contributed by atoms with Crippen molar-refractivity contribution in [2.75, 3.05) is 0 Å². The number of nitrogens with one attached hydrogen (secondary N) is 2. The standard InChI is InChI=1S/C10H7N3O5S/c14-9(6-2-1-5-18-6)11-12-10(15)7-3-4-8(19-7)13(16)17/h1-5H,(H,11,14)(H,12,15). The van der Waals surface area contributed by atoms with Gasteiger partial charge in [-0.3, -0.25) is 30.6 Å². The van der Waals surface area contributed by atoms with Crippen LogP contribution in [0.1, 0.15) is 20.2 Å². The molecule has 0 aliphatic rings. The first-order chi connectivity index (χ1) is 9.08. The minimum absolute atomic E-state index is 0.0393. The molecule has 2 amide bonds. The smallest absolute Gasteiger partial charge is 0.324 e. The molecule has 0 saturated heterocycles. The van der Waals surface area contributed by atoms with Crippen molar-refractivity contribution in [3.8, 4) is 0 Å². The molecule has 0 atom stereocenters. The number of carbonyl (C=O) groups is 2. The fourth-order valence-corrected chi connectivity index (χ4v) is 1.91. The van der Waals surface area contributed by atoms with Gasteiger partial charge in [0.05, 0.1) is 11.2 Å². The first-order valence-corrected chi connectivity index (χ1v) is 5.78. The highest BCUT2D eigenvalue weighted by molar-refractivity contribution is 7.17. The SMILES string of the molecule is O=C(NNC(=O)c1ccc([N+](=O)[O-])s1)c1ccco1. The van der Waals surface area contributed by atoms with Gasteiger partial charge < -0.3 is 4.42 Å². The summed E-state index contributed by atoms with van der Waals surface area (Å²) in [6.07, 6.45) is 1.32. The van der Waals surface area contributed by atoms with Crippen LogP contribution in [0.3, 0.4) is 0 Å². The maximum absolute atomic E-state index is 11.6. The van der Waals surface area contributed by atoms with E-state index in [1.807, 2.05) is 0 Å². The Hall–Kier alpha value is -2.68. The van der Waals surface area contributed by atoms with Crippen LogP contribution in [0.25, 0.3) is 0 Å². The lowest BCUT2D eigenvalue weighted by Crippen LogP contribution is -2.41. The highest BCUT2D eigenvalue weighted by Gasteiger charge is 2.16. The third kappa shape index (κ3) is 2.96. The van der Waals surface area contributed by atoms with Gasteiger partial charge in [0.2, 0.25) is 0 Å². The molecule has 0 spiro atoms. The lowest BCUT2D eigenvalue weighted by Gasteiger charge is -2.03. The fourth-order valence-electron chi connectivity index (χ4n) is 1.19. The normalized spacial score (nSPS) is 9.89. The van der Waals surface area contributed by atoms with Gasteiger partial charge in [-0.2, -0.15) is 0 Å². The highest BCUT2D eigenvalue weighted by Crippen LogP contribution is 2.23. The molecule has 0 bridgehead atoms. The molecular formula is C10H7N3O5S. The van der Waals surface area contributed by atoms with Crippen molar-refractivity contribution in [1.29, 1.82) is 0 Å². The second-order valence-electron chi connectivity index (χ2n) is 3.28. The second kappa shape index (κ2) is 5.31. The van der Waals surface area contributed by atoms with Crippen LogP contribution in [0.5, 0.6) is 0 Å². The Labute approximate surface area is 110 Å². The van der Waals surface area contributed by atoms with Crippen LogP contribution < -0.4 is 10.9 Å². The zero-order chi connectivity index (χ0) is 13.8. The molecule has 0 aromatic carbocycles. The minimum Gasteiger partial charge on any atom is -0.459 e. The Morgan fingerprint density at radius 1 is 1.21 bits per heavy atom. The molecule has 2 aromatic heterocycles. The molecule has 2 rings (SSSR count). The number of nitrogens with zero attached hydrogens (tertiary/aromatic N) is 1. The van der Waals surface area contributed by atoms with Crippen LogP contribution in [-0.4, -0.2) is 16.7 Å². The summed E-state index contributed by atoms with van der Waals surface area (Å²) in [5.41, 5.74) is 4.25. The number of hydrazine groups is 1. The molecule has 9 heteroatoms. The maximum Gasteiger partial charge on any atom is 0.324 e. The van der Waals surface area contributed by atoms with E-state index < -0.39 is 16.7 Å². The Kier molecular flexibility index (Phi) is 3.57. The number of hydrogen-bond acceptors (Lipinski definition) is 6. The van der Waals surface area contributed by atoms with Gasteiger partial charge in [0.1, 0.15) is 4.88 Å². The average Bonchev–Trinajstić information content (AvgIpc) is 3.05. The summed E-state index contributed by atoms with van der Waals surface area (Å²) in [7, 11) is 0. The summed E-state index contributed by atoms with van der Waals surface area (Å²) >= 11 is 0.712. The molecule has 2 heterocycles. The first kappa shape index (κ1) is 12.8. The van der Waals surface area contributed by atoms with Crippen LogP contribution in [-0.2, 0) is 0 Å². The van der Waals surface area contributed by atoms with Crippen molar-refractivity contribution >= 4 is 28.2 Å². The van der Waals surface area contributed by atoms with E-state index in [0.717, 1.165) is 0 Å². The molecular weight excluding hydrogens is 274 g/mol. The lowest BCUT2D eigenvalue weighted by atomic mass is 10.4. The summed E-state index contributed by atoms with van der Waals surface area (Å²) in [5.74, 6) is -1.22. The molecule has 0 unspecified atom stereocenters. The van der Waals surface area contributed by atoms with E-state index in [1.165, 1.54) is 30.5 Å². The van der Waals surface area contributed by atoms with E-state index in [4.69, 9.17) is 4.42 Å².